The number of amides is 1. The van der Waals surface area contributed by atoms with Gasteiger partial charge < -0.3 is 9.63 Å². The second-order valence-electron chi connectivity index (χ2n) is 3.07. The normalized spacial score (nSPS) is 10.2. The summed E-state index contributed by atoms with van der Waals surface area (Å²) in [6, 6.07) is 2.77. The largest absolute Gasteiger partial charge is 0.477 e. The molecule has 2 aromatic rings. The summed E-state index contributed by atoms with van der Waals surface area (Å²) in [4.78, 5) is 26.4. The summed E-state index contributed by atoms with van der Waals surface area (Å²) in [6.07, 6.45) is 0. The van der Waals surface area contributed by atoms with Crippen molar-refractivity contribution in [3.8, 4) is 0 Å². The molecule has 0 radical (unpaired) electrons. The van der Waals surface area contributed by atoms with Crippen LogP contribution in [-0.4, -0.2) is 27.1 Å². The first kappa shape index (κ1) is 11.3. The van der Waals surface area contributed by atoms with E-state index >= 15 is 0 Å². The van der Waals surface area contributed by atoms with Crippen molar-refractivity contribution in [3.63, 3.8) is 0 Å². The van der Waals surface area contributed by atoms with Crippen LogP contribution in [0.25, 0.3) is 0 Å². The molecule has 0 fully saturated rings. The quantitative estimate of drug-likeness (QED) is 0.856. The molecule has 88 valence electrons. The lowest BCUT2D eigenvalue weighted by Gasteiger charge is -1.95. The van der Waals surface area contributed by atoms with Crippen LogP contribution in [0.1, 0.15) is 25.2 Å². The monoisotopic (exact) mass is 253 g/mol. The molecule has 0 aliphatic heterocycles. The average Bonchev–Trinajstić information content (AvgIpc) is 2.86. The molecule has 0 spiro atoms. The molecule has 2 aromatic heterocycles. The molecule has 1 amide bonds. The number of carbonyl (C=O) groups is 2. The number of carboxylic acids is 1. The third-order valence-electron chi connectivity index (χ3n) is 1.79. The molecule has 0 bridgehead atoms. The summed E-state index contributed by atoms with van der Waals surface area (Å²) < 4.78 is 4.71. The molecule has 7 nitrogen and oxygen atoms in total. The highest BCUT2D eigenvalue weighted by Crippen LogP contribution is 2.17. The number of nitrogens with one attached hydrogen (secondary N) is 1. The van der Waals surface area contributed by atoms with E-state index in [9.17, 15) is 9.59 Å². The van der Waals surface area contributed by atoms with Gasteiger partial charge in [-0.15, -0.1) is 11.3 Å². The lowest BCUT2D eigenvalue weighted by molar-refractivity contribution is 0.0702. The van der Waals surface area contributed by atoms with Crippen molar-refractivity contribution < 1.29 is 19.2 Å². The van der Waals surface area contributed by atoms with Crippen molar-refractivity contribution >= 4 is 29.2 Å². The minimum atomic E-state index is -1.07. The number of rotatable bonds is 3. The maximum absolute atomic E-state index is 11.6. The number of carboxylic acid groups (broad SMARTS) is 1. The van der Waals surface area contributed by atoms with Gasteiger partial charge in [0.2, 0.25) is 0 Å². The van der Waals surface area contributed by atoms with E-state index in [0.717, 1.165) is 11.3 Å². The zero-order valence-electron chi connectivity index (χ0n) is 8.63. The van der Waals surface area contributed by atoms with Crippen LogP contribution >= 0.6 is 11.3 Å². The van der Waals surface area contributed by atoms with Gasteiger partial charge in [0.1, 0.15) is 4.88 Å². The van der Waals surface area contributed by atoms with E-state index in [2.05, 4.69) is 15.5 Å². The van der Waals surface area contributed by atoms with Gasteiger partial charge in [0.05, 0.1) is 4.88 Å². The highest BCUT2D eigenvalue weighted by Gasteiger charge is 2.15. The van der Waals surface area contributed by atoms with E-state index < -0.39 is 11.9 Å². The Morgan fingerprint density at radius 2 is 2.12 bits per heavy atom. The Balaban J connectivity index is 2.11. The molecule has 2 N–H and O–H groups in total. The second kappa shape index (κ2) is 4.34. The minimum absolute atomic E-state index is 0.0159. The van der Waals surface area contributed by atoms with E-state index in [1.807, 2.05) is 0 Å². The van der Waals surface area contributed by atoms with Crippen molar-refractivity contribution in [2.24, 2.45) is 0 Å². The lowest BCUT2D eigenvalue weighted by Crippen LogP contribution is -2.10. The maximum Gasteiger partial charge on any atom is 0.345 e. The summed E-state index contributed by atoms with van der Waals surface area (Å²) in [5.74, 6) is -1.15. The maximum atomic E-state index is 11.6. The van der Waals surface area contributed by atoms with Gasteiger partial charge in [0, 0.05) is 0 Å². The number of aromatic carboxylic acids is 1. The second-order valence-corrected chi connectivity index (χ2v) is 4.15. The summed E-state index contributed by atoms with van der Waals surface area (Å²) in [5.41, 5.74) is 0. The molecule has 0 aliphatic rings. The Labute approximate surface area is 99.1 Å². The Morgan fingerprint density at radius 1 is 1.41 bits per heavy atom. The first-order chi connectivity index (χ1) is 8.06. The third-order valence-corrected chi connectivity index (χ3v) is 2.86. The van der Waals surface area contributed by atoms with Gasteiger partial charge in [-0.1, -0.05) is 5.16 Å². The van der Waals surface area contributed by atoms with Gasteiger partial charge in [0.25, 0.3) is 5.91 Å². The van der Waals surface area contributed by atoms with Crippen molar-refractivity contribution in [2.75, 3.05) is 5.32 Å². The number of nitrogens with zero attached hydrogens (tertiary/aromatic N) is 2. The van der Waals surface area contributed by atoms with Crippen LogP contribution in [0.4, 0.5) is 6.01 Å². The van der Waals surface area contributed by atoms with Gasteiger partial charge >= 0.3 is 12.0 Å². The molecule has 0 saturated carbocycles. The number of aromatic nitrogens is 2. The molecular formula is C9H7N3O4S. The molecular weight excluding hydrogens is 246 g/mol. The Hall–Kier alpha value is -2.22. The number of anilines is 1. The SMILES string of the molecule is Cc1noc(NC(=O)c2ccc(C(=O)O)s2)n1. The first-order valence-electron chi connectivity index (χ1n) is 4.51. The van der Waals surface area contributed by atoms with Crippen molar-refractivity contribution in [1.29, 1.82) is 0 Å². The van der Waals surface area contributed by atoms with E-state index in [-0.39, 0.29) is 15.8 Å². The van der Waals surface area contributed by atoms with Crippen molar-refractivity contribution in [2.45, 2.75) is 6.92 Å². The number of hydrogen-bond acceptors (Lipinski definition) is 6. The topological polar surface area (TPSA) is 105 Å². The van der Waals surface area contributed by atoms with E-state index in [4.69, 9.17) is 9.63 Å². The molecule has 2 heterocycles. The average molecular weight is 253 g/mol. The fraction of sp³-hybridized carbons (Fsp3) is 0.111. The van der Waals surface area contributed by atoms with Gasteiger partial charge in [-0.05, 0) is 19.1 Å². The predicted octanol–water partition coefficient (Wildman–Crippen LogP) is 1.39. The van der Waals surface area contributed by atoms with Gasteiger partial charge in [-0.25, -0.2) is 4.79 Å². The summed E-state index contributed by atoms with van der Waals surface area (Å²) >= 11 is 0.874. The number of carbonyl (C=O) groups excluding carboxylic acids is 1. The van der Waals surface area contributed by atoms with Crippen LogP contribution < -0.4 is 5.32 Å². The van der Waals surface area contributed by atoms with Gasteiger partial charge in [-0.3, -0.25) is 10.1 Å². The number of hydrogen-bond donors (Lipinski definition) is 2. The molecule has 0 aromatic carbocycles. The smallest absolute Gasteiger partial charge is 0.345 e. The number of aryl methyl sites for hydroxylation is 1. The highest BCUT2D eigenvalue weighted by molar-refractivity contribution is 7.15. The van der Waals surface area contributed by atoms with Crippen LogP contribution in [0, 0.1) is 6.92 Å². The zero-order chi connectivity index (χ0) is 12.4. The summed E-state index contributed by atoms with van der Waals surface area (Å²) in [7, 11) is 0. The molecule has 8 heteroatoms. The predicted molar refractivity (Wildman–Crippen MR) is 58.3 cm³/mol. The lowest BCUT2D eigenvalue weighted by atomic mass is 10.4. The first-order valence-corrected chi connectivity index (χ1v) is 5.32. The van der Waals surface area contributed by atoms with E-state index in [1.54, 1.807) is 6.92 Å². The van der Waals surface area contributed by atoms with Crippen LogP contribution in [0.5, 0.6) is 0 Å². The Morgan fingerprint density at radius 3 is 2.65 bits per heavy atom. The van der Waals surface area contributed by atoms with Crippen LogP contribution in [-0.2, 0) is 0 Å². The third kappa shape index (κ3) is 2.48. The highest BCUT2D eigenvalue weighted by atomic mass is 32.1. The van der Waals surface area contributed by atoms with Crippen molar-refractivity contribution in [1.82, 2.24) is 10.1 Å². The molecule has 0 unspecified atom stereocenters. The number of thiophene rings is 1. The van der Waals surface area contributed by atoms with Crippen LogP contribution in [0.15, 0.2) is 16.7 Å². The fourth-order valence-corrected chi connectivity index (χ4v) is 1.82. The molecule has 0 aliphatic carbocycles. The molecule has 2 rings (SSSR count). The van der Waals surface area contributed by atoms with Crippen LogP contribution in [0.3, 0.4) is 0 Å². The fourth-order valence-electron chi connectivity index (χ4n) is 1.08. The minimum Gasteiger partial charge on any atom is -0.477 e. The standard InChI is InChI=1S/C9H7N3O4S/c1-4-10-9(16-12-4)11-7(13)5-2-3-6(17-5)8(14)15/h2-3H,1H3,(H,14,15)(H,10,11,12,13). The summed E-state index contributed by atoms with van der Waals surface area (Å²) in [6.45, 7) is 1.62. The summed E-state index contributed by atoms with van der Waals surface area (Å²) in [5, 5.41) is 14.6. The molecule has 17 heavy (non-hydrogen) atoms. The Kier molecular flexibility index (Phi) is 2.88. The van der Waals surface area contributed by atoms with Crippen LogP contribution in [0.2, 0.25) is 0 Å². The van der Waals surface area contributed by atoms with Gasteiger partial charge in [0.15, 0.2) is 5.82 Å². The van der Waals surface area contributed by atoms with E-state index in [0.29, 0.717) is 5.82 Å². The van der Waals surface area contributed by atoms with Crippen molar-refractivity contribution in [3.05, 3.63) is 27.7 Å². The Bertz CT molecular complexity index is 574. The molecule has 0 saturated heterocycles. The zero-order valence-corrected chi connectivity index (χ0v) is 9.45. The van der Waals surface area contributed by atoms with E-state index in [1.165, 1.54) is 12.1 Å². The molecule has 0 atom stereocenters. The van der Waals surface area contributed by atoms with Gasteiger partial charge in [-0.2, -0.15) is 4.98 Å².